The van der Waals surface area contributed by atoms with E-state index in [4.69, 9.17) is 4.74 Å². The zero-order chi connectivity index (χ0) is 10.5. The molecule has 0 radical (unpaired) electrons. The lowest BCUT2D eigenvalue weighted by atomic mass is 10.0. The lowest BCUT2D eigenvalue weighted by molar-refractivity contribution is 0.108. The van der Waals surface area contributed by atoms with Crippen molar-refractivity contribution in [3.8, 4) is 0 Å². The maximum Gasteiger partial charge on any atom is 0.0593 e. The molecular weight excluding hydrogens is 186 g/mol. The minimum Gasteiger partial charge on any atom is -0.380 e. The summed E-state index contributed by atoms with van der Waals surface area (Å²) >= 11 is 0. The minimum absolute atomic E-state index is 0.824. The van der Waals surface area contributed by atoms with Gasteiger partial charge in [0.1, 0.15) is 0 Å². The monoisotopic (exact) mass is 205 g/mol. The van der Waals surface area contributed by atoms with Crippen LogP contribution < -0.4 is 0 Å². The predicted molar refractivity (Wildman–Crippen MR) is 61.9 cm³/mol. The Morgan fingerprint density at radius 2 is 2.07 bits per heavy atom. The molecule has 1 heterocycles. The molecule has 0 bridgehead atoms. The molecule has 0 fully saturated rings. The highest BCUT2D eigenvalue weighted by atomic mass is 16.5. The fraction of sp³-hybridized carbons (Fsp3) is 0.538. The molecule has 0 N–H and O–H groups in total. The van der Waals surface area contributed by atoms with E-state index < -0.39 is 0 Å². The molecule has 0 aromatic heterocycles. The topological polar surface area (TPSA) is 12.5 Å². The molecule has 15 heavy (non-hydrogen) atoms. The highest BCUT2D eigenvalue weighted by Crippen LogP contribution is 2.17. The smallest absolute Gasteiger partial charge is 0.0593 e. The van der Waals surface area contributed by atoms with E-state index in [1.807, 2.05) is 6.92 Å². The van der Waals surface area contributed by atoms with Crippen LogP contribution in [-0.4, -0.2) is 31.2 Å². The molecule has 1 aliphatic heterocycles. The van der Waals surface area contributed by atoms with E-state index >= 15 is 0 Å². The van der Waals surface area contributed by atoms with Gasteiger partial charge < -0.3 is 4.74 Å². The van der Waals surface area contributed by atoms with Crippen molar-refractivity contribution in [1.82, 2.24) is 4.90 Å². The lowest BCUT2D eigenvalue weighted by Gasteiger charge is -2.28. The van der Waals surface area contributed by atoms with Crippen LogP contribution in [0.3, 0.4) is 0 Å². The van der Waals surface area contributed by atoms with Gasteiger partial charge in [-0.1, -0.05) is 24.3 Å². The van der Waals surface area contributed by atoms with Crippen LogP contribution in [0.2, 0.25) is 0 Å². The Morgan fingerprint density at radius 1 is 1.27 bits per heavy atom. The largest absolute Gasteiger partial charge is 0.380 e. The summed E-state index contributed by atoms with van der Waals surface area (Å²) in [4.78, 5) is 2.47. The summed E-state index contributed by atoms with van der Waals surface area (Å²) in [6.07, 6.45) is 1.18. The first kappa shape index (κ1) is 10.7. The van der Waals surface area contributed by atoms with Gasteiger partial charge in [0.25, 0.3) is 0 Å². The number of benzene rings is 1. The van der Waals surface area contributed by atoms with Crippen LogP contribution >= 0.6 is 0 Å². The van der Waals surface area contributed by atoms with Crippen LogP contribution in [-0.2, 0) is 17.7 Å². The quantitative estimate of drug-likeness (QED) is 0.698. The summed E-state index contributed by atoms with van der Waals surface area (Å²) in [5.41, 5.74) is 3.01. The summed E-state index contributed by atoms with van der Waals surface area (Å²) < 4.78 is 5.38. The van der Waals surface area contributed by atoms with Gasteiger partial charge in [0, 0.05) is 26.2 Å². The van der Waals surface area contributed by atoms with Crippen LogP contribution in [0.15, 0.2) is 24.3 Å². The number of fused-ring (bicyclic) bond motifs is 1. The van der Waals surface area contributed by atoms with Gasteiger partial charge in [-0.2, -0.15) is 0 Å². The normalized spacial score (nSPS) is 16.3. The minimum atomic E-state index is 0.824. The average Bonchev–Trinajstić information content (AvgIpc) is 2.29. The Balaban J connectivity index is 1.88. The fourth-order valence-electron chi connectivity index (χ4n) is 2.08. The molecule has 82 valence electrons. The number of rotatable bonds is 4. The molecule has 2 heteroatoms. The highest BCUT2D eigenvalue weighted by Gasteiger charge is 2.14. The van der Waals surface area contributed by atoms with Crippen molar-refractivity contribution in [1.29, 1.82) is 0 Å². The van der Waals surface area contributed by atoms with Gasteiger partial charge in [-0.25, -0.2) is 0 Å². The van der Waals surface area contributed by atoms with Gasteiger partial charge in [0.2, 0.25) is 0 Å². The van der Waals surface area contributed by atoms with Gasteiger partial charge in [-0.15, -0.1) is 0 Å². The zero-order valence-electron chi connectivity index (χ0n) is 9.41. The van der Waals surface area contributed by atoms with Crippen LogP contribution in [0, 0.1) is 0 Å². The van der Waals surface area contributed by atoms with Crippen LogP contribution in [0.25, 0.3) is 0 Å². The van der Waals surface area contributed by atoms with Crippen LogP contribution in [0.1, 0.15) is 18.1 Å². The SMILES string of the molecule is CCOCCN1CCc2ccccc2C1. The summed E-state index contributed by atoms with van der Waals surface area (Å²) in [5.74, 6) is 0. The van der Waals surface area contributed by atoms with Crippen molar-refractivity contribution in [2.75, 3.05) is 26.3 Å². The van der Waals surface area contributed by atoms with Gasteiger partial charge in [-0.05, 0) is 24.5 Å². The molecular formula is C13H19NO. The van der Waals surface area contributed by atoms with Gasteiger partial charge in [0.05, 0.1) is 6.61 Å². The Bertz CT molecular complexity index is 311. The molecule has 1 aromatic rings. The molecule has 0 saturated carbocycles. The summed E-state index contributed by atoms with van der Waals surface area (Å²) in [6.45, 7) is 7.05. The molecule has 1 aromatic carbocycles. The van der Waals surface area contributed by atoms with Gasteiger partial charge in [0.15, 0.2) is 0 Å². The molecule has 0 aliphatic carbocycles. The maximum absolute atomic E-state index is 5.38. The molecule has 0 saturated heterocycles. The second-order valence-corrected chi connectivity index (χ2v) is 3.99. The Labute approximate surface area is 91.9 Å². The van der Waals surface area contributed by atoms with E-state index in [2.05, 4.69) is 29.2 Å². The Kier molecular flexibility index (Phi) is 3.75. The van der Waals surface area contributed by atoms with Crippen molar-refractivity contribution in [3.05, 3.63) is 35.4 Å². The van der Waals surface area contributed by atoms with Crippen molar-refractivity contribution >= 4 is 0 Å². The van der Waals surface area contributed by atoms with E-state index in [9.17, 15) is 0 Å². The van der Waals surface area contributed by atoms with E-state index in [0.717, 1.165) is 26.3 Å². The predicted octanol–water partition coefficient (Wildman–Crippen LogP) is 2.08. The fourth-order valence-corrected chi connectivity index (χ4v) is 2.08. The van der Waals surface area contributed by atoms with Crippen molar-refractivity contribution in [2.45, 2.75) is 19.9 Å². The second kappa shape index (κ2) is 5.29. The van der Waals surface area contributed by atoms with Crippen molar-refractivity contribution < 1.29 is 4.74 Å². The third-order valence-electron chi connectivity index (χ3n) is 2.97. The molecule has 0 atom stereocenters. The number of ether oxygens (including phenoxy) is 1. The second-order valence-electron chi connectivity index (χ2n) is 3.99. The Hall–Kier alpha value is -0.860. The van der Waals surface area contributed by atoms with Gasteiger partial charge in [-0.3, -0.25) is 4.90 Å². The molecule has 0 unspecified atom stereocenters. The first-order chi connectivity index (χ1) is 7.40. The zero-order valence-corrected chi connectivity index (χ0v) is 9.41. The van der Waals surface area contributed by atoms with E-state index in [-0.39, 0.29) is 0 Å². The standard InChI is InChI=1S/C13H19NO/c1-2-15-10-9-14-8-7-12-5-3-4-6-13(12)11-14/h3-6H,2,7-11H2,1H3. The number of nitrogens with zero attached hydrogens (tertiary/aromatic N) is 1. The average molecular weight is 205 g/mol. The summed E-state index contributed by atoms with van der Waals surface area (Å²) in [6, 6.07) is 8.75. The molecule has 0 spiro atoms. The Morgan fingerprint density at radius 3 is 2.87 bits per heavy atom. The first-order valence-electron chi connectivity index (χ1n) is 5.77. The molecule has 2 nitrogen and oxygen atoms in total. The van der Waals surface area contributed by atoms with Gasteiger partial charge >= 0.3 is 0 Å². The maximum atomic E-state index is 5.38. The van der Waals surface area contributed by atoms with Crippen molar-refractivity contribution in [3.63, 3.8) is 0 Å². The van der Waals surface area contributed by atoms with Crippen molar-refractivity contribution in [2.24, 2.45) is 0 Å². The number of hydrogen-bond donors (Lipinski definition) is 0. The van der Waals surface area contributed by atoms with Crippen LogP contribution in [0.5, 0.6) is 0 Å². The molecule has 2 rings (SSSR count). The lowest BCUT2D eigenvalue weighted by Crippen LogP contribution is -2.33. The summed E-state index contributed by atoms with van der Waals surface area (Å²) in [7, 11) is 0. The number of hydrogen-bond acceptors (Lipinski definition) is 2. The van der Waals surface area contributed by atoms with E-state index in [0.29, 0.717) is 0 Å². The third kappa shape index (κ3) is 2.80. The highest BCUT2D eigenvalue weighted by molar-refractivity contribution is 5.28. The first-order valence-corrected chi connectivity index (χ1v) is 5.77. The van der Waals surface area contributed by atoms with E-state index in [1.54, 1.807) is 0 Å². The van der Waals surface area contributed by atoms with Crippen LogP contribution in [0.4, 0.5) is 0 Å². The third-order valence-corrected chi connectivity index (χ3v) is 2.97. The summed E-state index contributed by atoms with van der Waals surface area (Å²) in [5, 5.41) is 0. The molecule has 0 amide bonds. The van der Waals surface area contributed by atoms with E-state index in [1.165, 1.54) is 24.1 Å². The molecule has 1 aliphatic rings.